The van der Waals surface area contributed by atoms with Crippen molar-refractivity contribution in [1.82, 2.24) is 4.90 Å². The number of aliphatic hydroxyl groups excluding tert-OH is 1. The van der Waals surface area contributed by atoms with Crippen LogP contribution in [-0.4, -0.2) is 48.8 Å². The van der Waals surface area contributed by atoms with Gasteiger partial charge in [-0.3, -0.25) is 4.99 Å². The van der Waals surface area contributed by atoms with Crippen LogP contribution < -0.4 is 5.73 Å². The van der Waals surface area contributed by atoms with Gasteiger partial charge in [-0.25, -0.2) is 0 Å². The van der Waals surface area contributed by atoms with E-state index in [0.29, 0.717) is 19.2 Å². The van der Waals surface area contributed by atoms with Gasteiger partial charge in [0.15, 0.2) is 5.96 Å². The van der Waals surface area contributed by atoms with E-state index < -0.39 is 6.10 Å². The first-order chi connectivity index (χ1) is 9.16. The number of aryl methyl sites for hydroxylation is 1. The Morgan fingerprint density at radius 2 is 2.00 bits per heavy atom. The SMILES string of the molecule is Cc1ccc(C(O)CN=C(N)N2CCOCC2)cc1. The summed E-state index contributed by atoms with van der Waals surface area (Å²) in [6, 6.07) is 7.79. The first-order valence-corrected chi connectivity index (χ1v) is 6.54. The molecule has 0 aromatic heterocycles. The van der Waals surface area contributed by atoms with E-state index in [4.69, 9.17) is 10.5 Å². The molecule has 0 spiro atoms. The Bertz CT molecular complexity index is 425. The van der Waals surface area contributed by atoms with Gasteiger partial charge in [-0.1, -0.05) is 29.8 Å². The van der Waals surface area contributed by atoms with Crippen LogP contribution in [0.15, 0.2) is 29.3 Å². The maximum atomic E-state index is 10.1. The molecule has 1 aromatic carbocycles. The average molecular weight is 263 g/mol. The monoisotopic (exact) mass is 263 g/mol. The van der Waals surface area contributed by atoms with Crippen molar-refractivity contribution in [1.29, 1.82) is 0 Å². The number of guanidine groups is 1. The molecule has 1 fully saturated rings. The van der Waals surface area contributed by atoms with Gasteiger partial charge in [0.2, 0.25) is 0 Å². The molecule has 0 bridgehead atoms. The molecule has 5 heteroatoms. The minimum atomic E-state index is -0.611. The third-order valence-electron chi connectivity index (χ3n) is 3.22. The third-order valence-corrected chi connectivity index (χ3v) is 3.22. The Balaban J connectivity index is 1.91. The number of rotatable bonds is 3. The first kappa shape index (κ1) is 13.8. The predicted octanol–water partition coefficient (Wildman–Crippen LogP) is 0.675. The summed E-state index contributed by atoms with van der Waals surface area (Å²) in [7, 11) is 0. The van der Waals surface area contributed by atoms with Crippen LogP contribution in [0.3, 0.4) is 0 Å². The Hall–Kier alpha value is -1.59. The van der Waals surface area contributed by atoms with Gasteiger partial charge in [0.1, 0.15) is 0 Å². The summed E-state index contributed by atoms with van der Waals surface area (Å²) in [5.74, 6) is 0.481. The van der Waals surface area contributed by atoms with Crippen LogP contribution in [0.4, 0.5) is 0 Å². The molecule has 1 aliphatic rings. The number of nitrogens with two attached hydrogens (primary N) is 1. The fraction of sp³-hybridized carbons (Fsp3) is 0.500. The molecular weight excluding hydrogens is 242 g/mol. The molecule has 0 saturated carbocycles. The highest BCUT2D eigenvalue weighted by atomic mass is 16.5. The maximum absolute atomic E-state index is 10.1. The molecule has 5 nitrogen and oxygen atoms in total. The van der Waals surface area contributed by atoms with Gasteiger partial charge < -0.3 is 20.5 Å². The van der Waals surface area contributed by atoms with Crippen molar-refractivity contribution in [3.63, 3.8) is 0 Å². The Kier molecular flexibility index (Phi) is 4.76. The lowest BCUT2D eigenvalue weighted by Crippen LogP contribution is -2.45. The number of aliphatic imine (C=N–C) groups is 1. The maximum Gasteiger partial charge on any atom is 0.191 e. The van der Waals surface area contributed by atoms with E-state index in [9.17, 15) is 5.11 Å². The number of morpholine rings is 1. The molecule has 1 aliphatic heterocycles. The highest BCUT2D eigenvalue weighted by Crippen LogP contribution is 2.13. The van der Waals surface area contributed by atoms with Crippen molar-refractivity contribution < 1.29 is 9.84 Å². The third kappa shape index (κ3) is 3.94. The van der Waals surface area contributed by atoms with Crippen molar-refractivity contribution >= 4 is 5.96 Å². The number of ether oxygens (including phenoxy) is 1. The predicted molar refractivity (Wildman–Crippen MR) is 75.0 cm³/mol. The fourth-order valence-corrected chi connectivity index (χ4v) is 1.97. The second-order valence-electron chi connectivity index (χ2n) is 4.72. The molecule has 1 aromatic rings. The van der Waals surface area contributed by atoms with E-state index in [-0.39, 0.29) is 6.54 Å². The standard InChI is InChI=1S/C14H21N3O2/c1-11-2-4-12(5-3-11)13(18)10-16-14(15)17-6-8-19-9-7-17/h2-5,13,18H,6-10H2,1H3,(H2,15,16). The summed E-state index contributed by atoms with van der Waals surface area (Å²) in [5, 5.41) is 10.1. The smallest absolute Gasteiger partial charge is 0.191 e. The highest BCUT2D eigenvalue weighted by Gasteiger charge is 2.13. The zero-order chi connectivity index (χ0) is 13.7. The van der Waals surface area contributed by atoms with E-state index in [1.165, 1.54) is 5.56 Å². The summed E-state index contributed by atoms with van der Waals surface area (Å²) in [5.41, 5.74) is 7.95. The van der Waals surface area contributed by atoms with E-state index in [2.05, 4.69) is 4.99 Å². The molecule has 2 rings (SSSR count). The highest BCUT2D eigenvalue weighted by molar-refractivity contribution is 5.78. The molecule has 1 heterocycles. The average Bonchev–Trinajstić information content (AvgIpc) is 2.46. The second-order valence-corrected chi connectivity index (χ2v) is 4.72. The molecule has 0 amide bonds. The van der Waals surface area contributed by atoms with Gasteiger partial charge in [-0.05, 0) is 12.5 Å². The fourth-order valence-electron chi connectivity index (χ4n) is 1.97. The Morgan fingerprint density at radius 1 is 1.37 bits per heavy atom. The summed E-state index contributed by atoms with van der Waals surface area (Å²) >= 11 is 0. The van der Waals surface area contributed by atoms with Gasteiger partial charge in [-0.2, -0.15) is 0 Å². The van der Waals surface area contributed by atoms with Crippen LogP contribution >= 0.6 is 0 Å². The van der Waals surface area contributed by atoms with Gasteiger partial charge in [0.25, 0.3) is 0 Å². The Labute approximate surface area is 113 Å². The van der Waals surface area contributed by atoms with Gasteiger partial charge in [0, 0.05) is 13.1 Å². The van der Waals surface area contributed by atoms with E-state index in [0.717, 1.165) is 18.7 Å². The van der Waals surface area contributed by atoms with Gasteiger partial charge in [-0.15, -0.1) is 0 Å². The summed E-state index contributed by atoms with van der Waals surface area (Å²) in [6.45, 7) is 5.18. The number of hydrogen-bond donors (Lipinski definition) is 2. The molecular formula is C14H21N3O2. The molecule has 3 N–H and O–H groups in total. The van der Waals surface area contributed by atoms with Crippen LogP contribution in [0.25, 0.3) is 0 Å². The van der Waals surface area contributed by atoms with E-state index in [1.54, 1.807) is 0 Å². The number of hydrogen-bond acceptors (Lipinski definition) is 3. The normalized spacial score (nSPS) is 18.4. The molecule has 0 radical (unpaired) electrons. The topological polar surface area (TPSA) is 71.1 Å². The van der Waals surface area contributed by atoms with Gasteiger partial charge in [0.05, 0.1) is 25.9 Å². The van der Waals surface area contributed by atoms with Crippen molar-refractivity contribution in [2.45, 2.75) is 13.0 Å². The zero-order valence-corrected chi connectivity index (χ0v) is 11.2. The van der Waals surface area contributed by atoms with Crippen molar-refractivity contribution in [2.75, 3.05) is 32.8 Å². The molecule has 19 heavy (non-hydrogen) atoms. The molecule has 104 valence electrons. The molecule has 1 atom stereocenters. The van der Waals surface area contributed by atoms with E-state index in [1.807, 2.05) is 36.1 Å². The van der Waals surface area contributed by atoms with Crippen LogP contribution in [0.1, 0.15) is 17.2 Å². The van der Waals surface area contributed by atoms with Crippen LogP contribution in [0.5, 0.6) is 0 Å². The summed E-state index contributed by atoms with van der Waals surface area (Å²) in [6.07, 6.45) is -0.611. The van der Waals surface area contributed by atoms with Crippen molar-refractivity contribution in [3.8, 4) is 0 Å². The van der Waals surface area contributed by atoms with Crippen LogP contribution in [0.2, 0.25) is 0 Å². The molecule has 0 aliphatic carbocycles. The Morgan fingerprint density at radius 3 is 2.63 bits per heavy atom. The minimum Gasteiger partial charge on any atom is -0.386 e. The number of aliphatic hydroxyl groups is 1. The van der Waals surface area contributed by atoms with Crippen LogP contribution in [-0.2, 0) is 4.74 Å². The van der Waals surface area contributed by atoms with Gasteiger partial charge >= 0.3 is 0 Å². The quantitative estimate of drug-likeness (QED) is 0.621. The molecule has 1 unspecified atom stereocenters. The summed E-state index contributed by atoms with van der Waals surface area (Å²) in [4.78, 5) is 6.24. The summed E-state index contributed by atoms with van der Waals surface area (Å²) < 4.78 is 5.25. The van der Waals surface area contributed by atoms with Crippen molar-refractivity contribution in [3.05, 3.63) is 35.4 Å². The largest absolute Gasteiger partial charge is 0.386 e. The van der Waals surface area contributed by atoms with Crippen LogP contribution in [0, 0.1) is 6.92 Å². The van der Waals surface area contributed by atoms with Crippen molar-refractivity contribution in [2.24, 2.45) is 10.7 Å². The minimum absolute atomic E-state index is 0.284. The lowest BCUT2D eigenvalue weighted by atomic mass is 10.1. The zero-order valence-electron chi connectivity index (χ0n) is 11.2. The lowest BCUT2D eigenvalue weighted by Gasteiger charge is -2.27. The van der Waals surface area contributed by atoms with E-state index >= 15 is 0 Å². The second kappa shape index (κ2) is 6.54. The lowest BCUT2D eigenvalue weighted by molar-refractivity contribution is 0.0672. The first-order valence-electron chi connectivity index (χ1n) is 6.54. The number of benzene rings is 1. The molecule has 1 saturated heterocycles. The number of nitrogens with zero attached hydrogens (tertiary/aromatic N) is 2.